The molecule has 0 amide bonds. The number of aromatic hydroxyl groups is 1. The summed E-state index contributed by atoms with van der Waals surface area (Å²) >= 11 is 0. The lowest BCUT2D eigenvalue weighted by Crippen LogP contribution is -2.27. The third-order valence-corrected chi connectivity index (χ3v) is 5.41. The van der Waals surface area contributed by atoms with Gasteiger partial charge in [0.15, 0.2) is 0 Å². The molecule has 0 radical (unpaired) electrons. The molecule has 1 heterocycles. The summed E-state index contributed by atoms with van der Waals surface area (Å²) in [6.45, 7) is 0.542. The lowest BCUT2D eigenvalue weighted by molar-refractivity contribution is 0.474. The first kappa shape index (κ1) is 12.7. The predicted molar refractivity (Wildman–Crippen MR) is 73.5 cm³/mol. The maximum Gasteiger partial charge on any atom is 0.200 e. The van der Waals surface area contributed by atoms with Gasteiger partial charge in [0, 0.05) is 23.6 Å². The quantitative estimate of drug-likeness (QED) is 0.888. The topological polar surface area (TPSA) is 66.4 Å². The molecule has 0 atom stereocenters. The largest absolute Gasteiger partial charge is 0.508 e. The number of nitrogens with one attached hydrogen (secondary N) is 1. The minimum Gasteiger partial charge on any atom is -0.508 e. The molecule has 4 nitrogen and oxygen atoms in total. The van der Waals surface area contributed by atoms with E-state index >= 15 is 0 Å². The van der Waals surface area contributed by atoms with Crippen LogP contribution in [0.25, 0.3) is 5.57 Å². The SMILES string of the molecule is O=S1(=O)C=C(CNC2CCCC2)c2cc(O)ccc21. The number of benzene rings is 1. The van der Waals surface area contributed by atoms with Crippen molar-refractivity contribution in [3.05, 3.63) is 29.2 Å². The maximum atomic E-state index is 12.0. The average molecular weight is 279 g/mol. The average Bonchev–Trinajstić information content (AvgIpc) is 2.94. The summed E-state index contributed by atoms with van der Waals surface area (Å²) in [7, 11) is -3.33. The highest BCUT2D eigenvalue weighted by molar-refractivity contribution is 7.95. The molecule has 5 heteroatoms. The predicted octanol–water partition coefficient (Wildman–Crippen LogP) is 2.05. The van der Waals surface area contributed by atoms with Crippen LogP contribution in [-0.2, 0) is 9.84 Å². The monoisotopic (exact) mass is 279 g/mol. The van der Waals surface area contributed by atoms with E-state index in [-0.39, 0.29) is 5.75 Å². The minimum absolute atomic E-state index is 0.0996. The second-order valence-electron chi connectivity index (χ2n) is 5.23. The molecule has 2 N–H and O–H groups in total. The zero-order valence-electron chi connectivity index (χ0n) is 10.6. The van der Waals surface area contributed by atoms with Gasteiger partial charge >= 0.3 is 0 Å². The number of hydrogen-bond donors (Lipinski definition) is 2. The van der Waals surface area contributed by atoms with Gasteiger partial charge in [0.25, 0.3) is 0 Å². The smallest absolute Gasteiger partial charge is 0.200 e. The van der Waals surface area contributed by atoms with Crippen molar-refractivity contribution < 1.29 is 13.5 Å². The van der Waals surface area contributed by atoms with Gasteiger partial charge < -0.3 is 10.4 Å². The second-order valence-corrected chi connectivity index (χ2v) is 7.00. The molecule has 1 aliphatic heterocycles. The van der Waals surface area contributed by atoms with Crippen LogP contribution in [-0.4, -0.2) is 26.1 Å². The Kier molecular flexibility index (Phi) is 3.11. The molecular weight excluding hydrogens is 262 g/mol. The normalized spacial score (nSPS) is 21.4. The summed E-state index contributed by atoms with van der Waals surface area (Å²) in [5, 5.41) is 14.2. The van der Waals surface area contributed by atoms with E-state index in [2.05, 4.69) is 5.32 Å². The molecule has 3 rings (SSSR count). The van der Waals surface area contributed by atoms with Crippen molar-refractivity contribution in [1.82, 2.24) is 5.32 Å². The zero-order valence-corrected chi connectivity index (χ0v) is 11.4. The summed E-state index contributed by atoms with van der Waals surface area (Å²) in [4.78, 5) is 0.300. The van der Waals surface area contributed by atoms with Crippen molar-refractivity contribution in [3.8, 4) is 5.75 Å². The molecule has 0 saturated heterocycles. The van der Waals surface area contributed by atoms with Gasteiger partial charge in [-0.3, -0.25) is 0 Å². The molecule has 1 aliphatic carbocycles. The van der Waals surface area contributed by atoms with Crippen LogP contribution in [0.15, 0.2) is 28.5 Å². The molecule has 0 spiro atoms. The van der Waals surface area contributed by atoms with Gasteiger partial charge in [-0.05, 0) is 36.6 Å². The molecule has 1 aromatic carbocycles. The highest BCUT2D eigenvalue weighted by atomic mass is 32.2. The van der Waals surface area contributed by atoms with Gasteiger partial charge in [-0.2, -0.15) is 0 Å². The lowest BCUT2D eigenvalue weighted by atomic mass is 10.1. The van der Waals surface area contributed by atoms with Gasteiger partial charge in [0.1, 0.15) is 5.75 Å². The Balaban J connectivity index is 1.84. The van der Waals surface area contributed by atoms with Crippen molar-refractivity contribution in [1.29, 1.82) is 0 Å². The van der Waals surface area contributed by atoms with Crippen molar-refractivity contribution in [3.63, 3.8) is 0 Å². The van der Waals surface area contributed by atoms with Gasteiger partial charge in [0.05, 0.1) is 4.90 Å². The van der Waals surface area contributed by atoms with Crippen LogP contribution in [0.5, 0.6) is 5.75 Å². The van der Waals surface area contributed by atoms with E-state index < -0.39 is 9.84 Å². The molecule has 0 aromatic heterocycles. The van der Waals surface area contributed by atoms with E-state index in [0.717, 1.165) is 18.4 Å². The Morgan fingerprint density at radius 1 is 1.26 bits per heavy atom. The van der Waals surface area contributed by atoms with E-state index in [1.165, 1.54) is 36.4 Å². The fourth-order valence-corrected chi connectivity index (χ4v) is 4.32. The first-order valence-electron chi connectivity index (χ1n) is 6.59. The van der Waals surface area contributed by atoms with Crippen molar-refractivity contribution in [2.75, 3.05) is 6.54 Å². The Labute approximate surface area is 113 Å². The Morgan fingerprint density at radius 3 is 2.74 bits per heavy atom. The molecule has 19 heavy (non-hydrogen) atoms. The molecule has 102 valence electrons. The van der Waals surface area contributed by atoms with Crippen LogP contribution in [0.3, 0.4) is 0 Å². The van der Waals surface area contributed by atoms with Gasteiger partial charge in [-0.1, -0.05) is 12.8 Å². The first-order chi connectivity index (χ1) is 9.06. The molecule has 1 saturated carbocycles. The Morgan fingerprint density at radius 2 is 2.00 bits per heavy atom. The van der Waals surface area contributed by atoms with E-state index in [9.17, 15) is 13.5 Å². The zero-order chi connectivity index (χ0) is 13.5. The Hall–Kier alpha value is -1.33. The number of sulfone groups is 1. The van der Waals surface area contributed by atoms with E-state index in [0.29, 0.717) is 23.0 Å². The standard InChI is InChI=1S/C14H17NO3S/c16-12-5-6-14-13(7-12)10(9-19(14,17)18)8-15-11-3-1-2-4-11/h5-7,9,11,15-16H,1-4,8H2. The minimum atomic E-state index is -3.33. The van der Waals surface area contributed by atoms with Crippen molar-refractivity contribution in [2.24, 2.45) is 0 Å². The summed E-state index contributed by atoms with van der Waals surface area (Å²) in [6, 6.07) is 4.91. The van der Waals surface area contributed by atoms with Crippen molar-refractivity contribution in [2.45, 2.75) is 36.6 Å². The number of fused-ring (bicyclic) bond motifs is 1. The van der Waals surface area contributed by atoms with Gasteiger partial charge in [0.2, 0.25) is 9.84 Å². The summed E-state index contributed by atoms with van der Waals surface area (Å²) in [5.41, 5.74) is 1.38. The fourth-order valence-electron chi connectivity index (χ4n) is 2.85. The number of phenols is 1. The number of hydrogen-bond acceptors (Lipinski definition) is 4. The third kappa shape index (κ3) is 2.40. The molecule has 0 unspecified atom stereocenters. The number of rotatable bonds is 3. The molecule has 1 aromatic rings. The van der Waals surface area contributed by atoms with Gasteiger partial charge in [-0.25, -0.2) is 8.42 Å². The summed E-state index contributed by atoms with van der Waals surface area (Å²) in [5.74, 6) is 0.0996. The molecular formula is C14H17NO3S. The van der Waals surface area contributed by atoms with E-state index in [4.69, 9.17) is 0 Å². The van der Waals surface area contributed by atoms with Crippen LogP contribution in [0.4, 0.5) is 0 Å². The Bertz CT molecular complexity index is 628. The third-order valence-electron chi connectivity index (χ3n) is 3.85. The highest BCUT2D eigenvalue weighted by Gasteiger charge is 2.27. The van der Waals surface area contributed by atoms with E-state index in [1.54, 1.807) is 0 Å². The fraction of sp³-hybridized carbons (Fsp3) is 0.429. The molecule has 1 fully saturated rings. The summed E-state index contributed by atoms with van der Waals surface area (Å²) in [6.07, 6.45) is 4.80. The van der Waals surface area contributed by atoms with Gasteiger partial charge in [-0.15, -0.1) is 0 Å². The van der Waals surface area contributed by atoms with Crippen LogP contribution in [0.2, 0.25) is 0 Å². The lowest BCUT2D eigenvalue weighted by Gasteiger charge is -2.12. The van der Waals surface area contributed by atoms with Crippen LogP contribution in [0, 0.1) is 0 Å². The van der Waals surface area contributed by atoms with Crippen molar-refractivity contribution >= 4 is 15.4 Å². The van der Waals surface area contributed by atoms with Crippen LogP contribution >= 0.6 is 0 Å². The van der Waals surface area contributed by atoms with E-state index in [1.807, 2.05) is 0 Å². The molecule has 0 bridgehead atoms. The van der Waals surface area contributed by atoms with Crippen LogP contribution < -0.4 is 5.32 Å². The second kappa shape index (κ2) is 4.65. The number of phenolic OH excluding ortho intramolecular Hbond substituents is 1. The first-order valence-corrected chi connectivity index (χ1v) is 8.13. The van der Waals surface area contributed by atoms with Crippen LogP contribution in [0.1, 0.15) is 31.2 Å². The molecule has 2 aliphatic rings. The maximum absolute atomic E-state index is 12.0. The highest BCUT2D eigenvalue weighted by Crippen LogP contribution is 2.35. The summed E-state index contributed by atoms with van der Waals surface area (Å²) < 4.78 is 24.0.